The molecule has 3 aromatic rings. The quantitative estimate of drug-likeness (QED) is 0.739. The van der Waals surface area contributed by atoms with Crippen LogP contribution in [0.5, 0.6) is 0 Å². The molecule has 0 spiro atoms. The first-order chi connectivity index (χ1) is 9.15. The summed E-state index contributed by atoms with van der Waals surface area (Å²) in [6.07, 6.45) is 1.09. The van der Waals surface area contributed by atoms with Crippen molar-refractivity contribution in [3.63, 3.8) is 0 Å². The Kier molecular flexibility index (Phi) is 2.49. The first-order valence-electron chi connectivity index (χ1n) is 5.48. The molecule has 0 amide bonds. The van der Waals surface area contributed by atoms with Crippen LogP contribution in [0, 0.1) is 5.82 Å². The number of carbonyl (C=O) groups is 1. The number of aromatic amines is 1. The Bertz CT molecular complexity index is 765. The minimum Gasteiger partial charge on any atom is -0.478 e. The molecule has 0 radical (unpaired) electrons. The van der Waals surface area contributed by atoms with Crippen LogP contribution in [-0.4, -0.2) is 26.3 Å². The van der Waals surface area contributed by atoms with Crippen molar-refractivity contribution in [3.8, 4) is 11.4 Å². The van der Waals surface area contributed by atoms with Crippen molar-refractivity contribution in [2.24, 2.45) is 0 Å². The molecule has 5 nitrogen and oxygen atoms in total. The molecule has 19 heavy (non-hydrogen) atoms. The van der Waals surface area contributed by atoms with Crippen LogP contribution in [0.3, 0.4) is 0 Å². The van der Waals surface area contributed by atoms with Gasteiger partial charge in [-0.1, -0.05) is 0 Å². The maximum Gasteiger partial charge on any atom is 0.335 e. The Balaban J connectivity index is 2.21. The third kappa shape index (κ3) is 1.93. The molecule has 0 atom stereocenters. The zero-order valence-electron chi connectivity index (χ0n) is 9.59. The van der Waals surface area contributed by atoms with Gasteiger partial charge in [-0.2, -0.15) is 5.10 Å². The van der Waals surface area contributed by atoms with Crippen LogP contribution in [0.25, 0.3) is 22.3 Å². The van der Waals surface area contributed by atoms with Gasteiger partial charge in [0, 0.05) is 5.39 Å². The summed E-state index contributed by atoms with van der Waals surface area (Å²) in [5.74, 6) is -1.45. The van der Waals surface area contributed by atoms with Gasteiger partial charge in [-0.05, 0) is 30.3 Å². The smallest absolute Gasteiger partial charge is 0.335 e. The topological polar surface area (TPSA) is 78.9 Å². The van der Waals surface area contributed by atoms with Crippen molar-refractivity contribution < 1.29 is 14.3 Å². The number of aromatic nitrogens is 3. The van der Waals surface area contributed by atoms with E-state index in [1.165, 1.54) is 24.3 Å². The van der Waals surface area contributed by atoms with Crippen LogP contribution in [0.15, 0.2) is 36.5 Å². The molecule has 0 saturated carbocycles. The highest BCUT2D eigenvalue weighted by Crippen LogP contribution is 2.25. The Morgan fingerprint density at radius 2 is 2.11 bits per heavy atom. The van der Waals surface area contributed by atoms with Crippen molar-refractivity contribution in [2.75, 3.05) is 0 Å². The summed E-state index contributed by atoms with van der Waals surface area (Å²) in [4.78, 5) is 14.9. The number of carboxylic acids is 1. The molecule has 6 heteroatoms. The summed E-state index contributed by atoms with van der Waals surface area (Å²) >= 11 is 0. The third-order valence-electron chi connectivity index (χ3n) is 2.78. The first-order valence-corrected chi connectivity index (χ1v) is 5.48. The van der Waals surface area contributed by atoms with E-state index in [1.807, 2.05) is 0 Å². The molecule has 0 unspecified atom stereocenters. The predicted octanol–water partition coefficient (Wildman–Crippen LogP) is 2.46. The van der Waals surface area contributed by atoms with E-state index in [0.29, 0.717) is 22.3 Å². The summed E-state index contributed by atoms with van der Waals surface area (Å²) in [6.45, 7) is 0. The molecule has 94 valence electrons. The monoisotopic (exact) mass is 257 g/mol. The number of carboxylic acid groups (broad SMARTS) is 1. The summed E-state index contributed by atoms with van der Waals surface area (Å²) in [7, 11) is 0. The van der Waals surface area contributed by atoms with E-state index >= 15 is 0 Å². The largest absolute Gasteiger partial charge is 0.478 e. The molecule has 0 saturated heterocycles. The number of nitrogens with zero attached hydrogens (tertiary/aromatic N) is 2. The highest BCUT2D eigenvalue weighted by molar-refractivity contribution is 5.98. The van der Waals surface area contributed by atoms with Gasteiger partial charge in [-0.25, -0.2) is 9.18 Å². The van der Waals surface area contributed by atoms with Crippen LogP contribution >= 0.6 is 0 Å². The zero-order chi connectivity index (χ0) is 13.4. The van der Waals surface area contributed by atoms with Crippen LogP contribution in [0.2, 0.25) is 0 Å². The normalized spacial score (nSPS) is 10.8. The van der Waals surface area contributed by atoms with Gasteiger partial charge in [0.2, 0.25) is 0 Å². The fraction of sp³-hybridized carbons (Fsp3) is 0. The highest BCUT2D eigenvalue weighted by atomic mass is 19.1. The summed E-state index contributed by atoms with van der Waals surface area (Å²) in [6, 6.07) is 7.42. The Hall–Kier alpha value is -2.76. The zero-order valence-corrected chi connectivity index (χ0v) is 9.59. The molecule has 2 N–H and O–H groups in total. The van der Waals surface area contributed by atoms with Gasteiger partial charge in [0.1, 0.15) is 11.5 Å². The second kappa shape index (κ2) is 4.16. The van der Waals surface area contributed by atoms with Gasteiger partial charge in [-0.3, -0.25) is 10.1 Å². The van der Waals surface area contributed by atoms with Crippen molar-refractivity contribution in [1.29, 1.82) is 0 Å². The second-order valence-corrected chi connectivity index (χ2v) is 4.00. The molecule has 0 aliphatic heterocycles. The Labute approximate surface area is 106 Å². The maximum absolute atomic E-state index is 12.8. The number of nitrogens with one attached hydrogen (secondary N) is 1. The molecule has 3 rings (SSSR count). The standard InChI is InChI=1S/C13H8FN3O2/c14-8-2-4-11(15-6-8)12-9-5-7(13(18)19)1-3-10(9)16-17-12/h1-6H,(H,16,17)(H,18,19). The molecule has 2 heterocycles. The number of halogens is 1. The molecule has 0 aliphatic rings. The number of pyridine rings is 1. The summed E-state index contributed by atoms with van der Waals surface area (Å²) in [5, 5.41) is 16.5. The van der Waals surface area contributed by atoms with Crippen LogP contribution in [-0.2, 0) is 0 Å². The Morgan fingerprint density at radius 1 is 1.26 bits per heavy atom. The minimum absolute atomic E-state index is 0.164. The molecule has 0 bridgehead atoms. The molecule has 1 aromatic carbocycles. The van der Waals surface area contributed by atoms with Crippen LogP contribution in [0.4, 0.5) is 4.39 Å². The van der Waals surface area contributed by atoms with Crippen molar-refractivity contribution in [3.05, 3.63) is 47.9 Å². The average Bonchev–Trinajstić information content (AvgIpc) is 2.82. The summed E-state index contributed by atoms with van der Waals surface area (Å²) < 4.78 is 12.8. The number of aromatic carboxylic acids is 1. The third-order valence-corrected chi connectivity index (χ3v) is 2.78. The maximum atomic E-state index is 12.8. The Morgan fingerprint density at radius 3 is 2.79 bits per heavy atom. The molecule has 0 fully saturated rings. The van der Waals surface area contributed by atoms with E-state index in [4.69, 9.17) is 5.11 Å². The van der Waals surface area contributed by atoms with Crippen molar-refractivity contribution in [2.45, 2.75) is 0 Å². The van der Waals surface area contributed by atoms with E-state index < -0.39 is 11.8 Å². The number of benzene rings is 1. The second-order valence-electron chi connectivity index (χ2n) is 4.00. The predicted molar refractivity (Wildman–Crippen MR) is 66.2 cm³/mol. The van der Waals surface area contributed by atoms with E-state index in [-0.39, 0.29) is 5.56 Å². The van der Waals surface area contributed by atoms with E-state index in [9.17, 15) is 9.18 Å². The summed E-state index contributed by atoms with van der Waals surface area (Å²) in [5.41, 5.74) is 1.84. The van der Waals surface area contributed by atoms with Crippen LogP contribution in [0.1, 0.15) is 10.4 Å². The van der Waals surface area contributed by atoms with Crippen molar-refractivity contribution in [1.82, 2.24) is 15.2 Å². The van der Waals surface area contributed by atoms with Crippen LogP contribution < -0.4 is 0 Å². The number of hydrogen-bond donors (Lipinski definition) is 2. The molecular formula is C13H8FN3O2. The number of H-pyrrole nitrogens is 1. The number of rotatable bonds is 2. The fourth-order valence-electron chi connectivity index (χ4n) is 1.86. The lowest BCUT2D eigenvalue weighted by molar-refractivity contribution is 0.0697. The van der Waals surface area contributed by atoms with E-state index in [1.54, 1.807) is 6.07 Å². The lowest BCUT2D eigenvalue weighted by Gasteiger charge is -1.98. The number of fused-ring (bicyclic) bond motifs is 1. The molecular weight excluding hydrogens is 249 g/mol. The van der Waals surface area contributed by atoms with Crippen molar-refractivity contribution >= 4 is 16.9 Å². The lowest BCUT2D eigenvalue weighted by atomic mass is 10.1. The van der Waals surface area contributed by atoms with Gasteiger partial charge < -0.3 is 5.11 Å². The highest BCUT2D eigenvalue weighted by Gasteiger charge is 2.12. The van der Waals surface area contributed by atoms with E-state index in [0.717, 1.165) is 6.20 Å². The van der Waals surface area contributed by atoms with Gasteiger partial charge in [0.15, 0.2) is 0 Å². The van der Waals surface area contributed by atoms with Gasteiger partial charge in [0.25, 0.3) is 0 Å². The SMILES string of the molecule is O=C(O)c1ccc2[nH]nc(-c3ccc(F)cn3)c2c1. The van der Waals surface area contributed by atoms with Gasteiger partial charge in [0.05, 0.1) is 23.0 Å². The van der Waals surface area contributed by atoms with Gasteiger partial charge in [-0.15, -0.1) is 0 Å². The minimum atomic E-state index is -1.01. The fourth-order valence-corrected chi connectivity index (χ4v) is 1.86. The average molecular weight is 257 g/mol. The van der Waals surface area contributed by atoms with Gasteiger partial charge >= 0.3 is 5.97 Å². The molecule has 2 aromatic heterocycles. The number of hydrogen-bond acceptors (Lipinski definition) is 3. The molecule has 0 aliphatic carbocycles. The lowest BCUT2D eigenvalue weighted by Crippen LogP contribution is -1.95. The van der Waals surface area contributed by atoms with E-state index in [2.05, 4.69) is 15.2 Å². The first kappa shape index (κ1) is 11.3.